The van der Waals surface area contributed by atoms with Crippen LogP contribution in [0.4, 0.5) is 5.82 Å². The molecule has 1 N–H and O–H groups in total. The van der Waals surface area contributed by atoms with Crippen LogP contribution in [0.15, 0.2) is 36.9 Å². The topological polar surface area (TPSA) is 85.1 Å². The summed E-state index contributed by atoms with van der Waals surface area (Å²) in [6.45, 7) is 1.85. The molecular formula is C12H10N6O. The number of aryl methyl sites for hydroxylation is 1. The zero-order valence-electron chi connectivity index (χ0n) is 10.1. The lowest BCUT2D eigenvalue weighted by Gasteiger charge is -2.04. The third kappa shape index (κ3) is 2.13. The van der Waals surface area contributed by atoms with Crippen molar-refractivity contribution in [1.82, 2.24) is 24.6 Å². The Morgan fingerprint density at radius 1 is 1.32 bits per heavy atom. The minimum absolute atomic E-state index is 0.248. The first-order valence-corrected chi connectivity index (χ1v) is 5.63. The molecule has 0 spiro atoms. The van der Waals surface area contributed by atoms with Crippen molar-refractivity contribution in [2.45, 2.75) is 6.92 Å². The van der Waals surface area contributed by atoms with Gasteiger partial charge >= 0.3 is 0 Å². The van der Waals surface area contributed by atoms with Gasteiger partial charge in [-0.05, 0) is 25.1 Å². The van der Waals surface area contributed by atoms with Gasteiger partial charge in [-0.3, -0.25) is 9.20 Å². The fourth-order valence-electron chi connectivity index (χ4n) is 1.70. The van der Waals surface area contributed by atoms with Crippen LogP contribution in [0.1, 0.15) is 16.2 Å². The molecule has 0 atom stereocenters. The highest BCUT2D eigenvalue weighted by Crippen LogP contribution is 2.09. The molecule has 0 saturated carbocycles. The van der Waals surface area contributed by atoms with E-state index in [0.29, 0.717) is 17.0 Å². The molecule has 3 heterocycles. The van der Waals surface area contributed by atoms with Crippen molar-refractivity contribution in [2.24, 2.45) is 0 Å². The number of carbonyl (C=O) groups excluding carboxylic acids is 1. The maximum Gasteiger partial charge on any atom is 0.257 e. The Labute approximate surface area is 108 Å². The van der Waals surface area contributed by atoms with Crippen LogP contribution in [0.2, 0.25) is 0 Å². The standard InChI is InChI=1S/C12H10N6O/c1-8-16-17-11-6-9(3-5-18(8)11)12(19)15-10-2-4-13-7-14-10/h2-7H,1H3,(H,13,14,15,19). The molecule has 0 aliphatic rings. The fraction of sp³-hybridized carbons (Fsp3) is 0.0833. The average molecular weight is 254 g/mol. The van der Waals surface area contributed by atoms with Crippen molar-refractivity contribution < 1.29 is 4.79 Å². The van der Waals surface area contributed by atoms with Crippen LogP contribution in [0.3, 0.4) is 0 Å². The van der Waals surface area contributed by atoms with E-state index in [1.807, 2.05) is 11.3 Å². The Balaban J connectivity index is 1.89. The lowest BCUT2D eigenvalue weighted by molar-refractivity contribution is 0.102. The summed E-state index contributed by atoms with van der Waals surface area (Å²) in [6.07, 6.45) is 4.70. The molecule has 0 aliphatic carbocycles. The van der Waals surface area contributed by atoms with Gasteiger partial charge in [0.15, 0.2) is 5.65 Å². The molecule has 0 fully saturated rings. The lowest BCUT2D eigenvalue weighted by Crippen LogP contribution is -2.13. The molecule has 7 nitrogen and oxygen atoms in total. The van der Waals surface area contributed by atoms with E-state index in [0.717, 1.165) is 5.82 Å². The molecular weight excluding hydrogens is 244 g/mol. The van der Waals surface area contributed by atoms with Crippen molar-refractivity contribution in [3.8, 4) is 0 Å². The van der Waals surface area contributed by atoms with E-state index in [9.17, 15) is 4.79 Å². The summed E-state index contributed by atoms with van der Waals surface area (Å²) in [4.78, 5) is 19.8. The van der Waals surface area contributed by atoms with E-state index < -0.39 is 0 Å². The second-order valence-electron chi connectivity index (χ2n) is 3.94. The molecule has 7 heteroatoms. The van der Waals surface area contributed by atoms with E-state index in [1.165, 1.54) is 6.33 Å². The molecule has 3 aromatic heterocycles. The van der Waals surface area contributed by atoms with Gasteiger partial charge in [-0.2, -0.15) is 0 Å². The molecule has 94 valence electrons. The smallest absolute Gasteiger partial charge is 0.257 e. The lowest BCUT2D eigenvalue weighted by atomic mass is 10.2. The SMILES string of the molecule is Cc1nnc2cc(C(=O)Nc3ccncn3)ccn12. The number of fused-ring (bicyclic) bond motifs is 1. The summed E-state index contributed by atoms with van der Waals surface area (Å²) in [7, 11) is 0. The molecule has 3 aromatic rings. The maximum absolute atomic E-state index is 12.0. The van der Waals surface area contributed by atoms with Crippen LogP contribution >= 0.6 is 0 Å². The van der Waals surface area contributed by atoms with Crippen LogP contribution in [0.5, 0.6) is 0 Å². The normalized spacial score (nSPS) is 10.6. The van der Waals surface area contributed by atoms with Gasteiger partial charge in [0.25, 0.3) is 5.91 Å². The van der Waals surface area contributed by atoms with Gasteiger partial charge in [0.2, 0.25) is 0 Å². The number of amides is 1. The Bertz CT molecular complexity index is 736. The number of rotatable bonds is 2. The van der Waals surface area contributed by atoms with E-state index in [1.54, 1.807) is 30.6 Å². The largest absolute Gasteiger partial charge is 0.306 e. The summed E-state index contributed by atoms with van der Waals surface area (Å²) < 4.78 is 1.81. The number of nitrogens with zero attached hydrogens (tertiary/aromatic N) is 5. The summed E-state index contributed by atoms with van der Waals surface area (Å²) in [5.74, 6) is 0.983. The number of anilines is 1. The molecule has 0 aliphatic heterocycles. The number of aromatic nitrogens is 5. The second kappa shape index (κ2) is 4.45. The zero-order valence-corrected chi connectivity index (χ0v) is 10.1. The van der Waals surface area contributed by atoms with Gasteiger partial charge in [-0.25, -0.2) is 9.97 Å². The van der Waals surface area contributed by atoms with Crippen molar-refractivity contribution in [1.29, 1.82) is 0 Å². The summed E-state index contributed by atoms with van der Waals surface area (Å²) in [6, 6.07) is 5.01. The molecule has 3 rings (SSSR count). The zero-order chi connectivity index (χ0) is 13.2. The van der Waals surface area contributed by atoms with Gasteiger partial charge in [0, 0.05) is 18.0 Å². The summed E-state index contributed by atoms with van der Waals surface area (Å²) in [5, 5.41) is 10.6. The predicted molar refractivity (Wildman–Crippen MR) is 67.7 cm³/mol. The van der Waals surface area contributed by atoms with Gasteiger partial charge in [-0.15, -0.1) is 10.2 Å². The Hall–Kier alpha value is -2.83. The minimum Gasteiger partial charge on any atom is -0.306 e. The third-order valence-corrected chi connectivity index (χ3v) is 2.67. The maximum atomic E-state index is 12.0. The predicted octanol–water partition coefficient (Wildman–Crippen LogP) is 1.08. The van der Waals surface area contributed by atoms with Crippen LogP contribution in [0, 0.1) is 6.92 Å². The molecule has 0 bridgehead atoms. The van der Waals surface area contributed by atoms with Gasteiger partial charge in [-0.1, -0.05) is 0 Å². The molecule has 19 heavy (non-hydrogen) atoms. The van der Waals surface area contributed by atoms with Crippen molar-refractivity contribution in [3.05, 3.63) is 48.3 Å². The summed E-state index contributed by atoms with van der Waals surface area (Å²) >= 11 is 0. The molecule has 0 radical (unpaired) electrons. The van der Waals surface area contributed by atoms with E-state index in [2.05, 4.69) is 25.5 Å². The number of hydrogen-bond donors (Lipinski definition) is 1. The number of carbonyl (C=O) groups is 1. The second-order valence-corrected chi connectivity index (χ2v) is 3.94. The highest BCUT2D eigenvalue weighted by Gasteiger charge is 2.09. The monoisotopic (exact) mass is 254 g/mol. The quantitative estimate of drug-likeness (QED) is 0.739. The minimum atomic E-state index is -0.248. The fourth-order valence-corrected chi connectivity index (χ4v) is 1.70. The van der Waals surface area contributed by atoms with Gasteiger partial charge < -0.3 is 5.32 Å². The molecule has 0 aromatic carbocycles. The van der Waals surface area contributed by atoms with Crippen LogP contribution in [0.25, 0.3) is 5.65 Å². The van der Waals surface area contributed by atoms with Crippen LogP contribution in [-0.2, 0) is 0 Å². The first-order chi connectivity index (χ1) is 9.24. The Kier molecular flexibility index (Phi) is 2.64. The van der Waals surface area contributed by atoms with E-state index in [-0.39, 0.29) is 5.91 Å². The third-order valence-electron chi connectivity index (χ3n) is 2.67. The average Bonchev–Trinajstić information content (AvgIpc) is 2.81. The Morgan fingerprint density at radius 3 is 3.00 bits per heavy atom. The number of hydrogen-bond acceptors (Lipinski definition) is 5. The van der Waals surface area contributed by atoms with Gasteiger partial charge in [0.05, 0.1) is 0 Å². The molecule has 1 amide bonds. The highest BCUT2D eigenvalue weighted by molar-refractivity contribution is 6.04. The van der Waals surface area contributed by atoms with Crippen molar-refractivity contribution in [2.75, 3.05) is 5.32 Å². The summed E-state index contributed by atoms with van der Waals surface area (Å²) in [5.41, 5.74) is 1.13. The van der Waals surface area contributed by atoms with Crippen LogP contribution < -0.4 is 5.32 Å². The first kappa shape index (κ1) is 11.3. The highest BCUT2D eigenvalue weighted by atomic mass is 16.1. The van der Waals surface area contributed by atoms with E-state index >= 15 is 0 Å². The Morgan fingerprint density at radius 2 is 2.21 bits per heavy atom. The molecule has 0 saturated heterocycles. The first-order valence-electron chi connectivity index (χ1n) is 5.63. The number of nitrogens with one attached hydrogen (secondary N) is 1. The van der Waals surface area contributed by atoms with E-state index in [4.69, 9.17) is 0 Å². The number of pyridine rings is 1. The van der Waals surface area contributed by atoms with Crippen molar-refractivity contribution in [3.63, 3.8) is 0 Å². The van der Waals surface area contributed by atoms with Gasteiger partial charge in [0.1, 0.15) is 18.0 Å². The van der Waals surface area contributed by atoms with Crippen LogP contribution in [-0.4, -0.2) is 30.5 Å². The molecule has 0 unspecified atom stereocenters. The van der Waals surface area contributed by atoms with Crippen molar-refractivity contribution >= 4 is 17.4 Å².